The molecule has 0 fully saturated rings. The largest absolute Gasteiger partial charge is 0.340 e. The van der Waals surface area contributed by atoms with E-state index in [2.05, 4.69) is 29.5 Å². The van der Waals surface area contributed by atoms with Crippen LogP contribution in [0.15, 0.2) is 54.7 Å². The molecule has 0 saturated heterocycles. The number of hydrogen-bond acceptors (Lipinski definition) is 4. The lowest BCUT2D eigenvalue weighted by atomic mass is 10.0. The minimum Gasteiger partial charge on any atom is -0.340 e. The van der Waals surface area contributed by atoms with E-state index in [1.807, 2.05) is 24.3 Å². The van der Waals surface area contributed by atoms with Gasteiger partial charge in [0.1, 0.15) is 11.6 Å². The normalized spacial score (nSPS) is 10.7. The predicted molar refractivity (Wildman–Crippen MR) is 120 cm³/mol. The van der Waals surface area contributed by atoms with Crippen molar-refractivity contribution in [3.8, 4) is 0 Å². The highest BCUT2D eigenvalue weighted by atomic mass is 35.5. The molecule has 154 valence electrons. The Balaban J connectivity index is 1.88. The molecule has 5 nitrogen and oxygen atoms in total. The fourth-order valence-electron chi connectivity index (χ4n) is 2.90. The van der Waals surface area contributed by atoms with Gasteiger partial charge >= 0.3 is 0 Å². The zero-order valence-electron chi connectivity index (χ0n) is 16.9. The standard InChI is InChI=1S/C23H22ClFN4O/c1-13(2)15-4-8-18(9-5-15)29-23(30)19-12-27-22(20(14(3)26)21(19)24)28-17-10-6-16(25)7-11-17/h4-13,26H,1-3H3,(H,27,28)(H,29,30). The first kappa shape index (κ1) is 21.5. The minimum atomic E-state index is -0.416. The van der Waals surface area contributed by atoms with Crippen LogP contribution in [0.2, 0.25) is 5.02 Å². The Hall–Kier alpha value is -3.25. The van der Waals surface area contributed by atoms with Gasteiger partial charge in [-0.1, -0.05) is 37.6 Å². The summed E-state index contributed by atoms with van der Waals surface area (Å²) in [4.78, 5) is 17.1. The number of halogens is 2. The molecule has 1 amide bonds. The Kier molecular flexibility index (Phi) is 6.47. The molecule has 0 aliphatic heterocycles. The molecule has 0 spiro atoms. The summed E-state index contributed by atoms with van der Waals surface area (Å²) in [5.74, 6) is -0.0614. The second kappa shape index (κ2) is 9.05. The van der Waals surface area contributed by atoms with Crippen molar-refractivity contribution < 1.29 is 9.18 Å². The first-order chi connectivity index (χ1) is 14.3. The molecule has 3 aromatic rings. The Morgan fingerprint density at radius 1 is 1.07 bits per heavy atom. The number of nitrogens with one attached hydrogen (secondary N) is 3. The second-order valence-corrected chi connectivity index (χ2v) is 7.58. The van der Waals surface area contributed by atoms with E-state index in [-0.39, 0.29) is 22.1 Å². The van der Waals surface area contributed by atoms with Gasteiger partial charge in [0.05, 0.1) is 16.1 Å². The smallest absolute Gasteiger partial charge is 0.258 e. The van der Waals surface area contributed by atoms with E-state index >= 15 is 0 Å². The van der Waals surface area contributed by atoms with Crippen LogP contribution < -0.4 is 10.6 Å². The molecular weight excluding hydrogens is 403 g/mol. The molecule has 1 heterocycles. The highest BCUT2D eigenvalue weighted by Crippen LogP contribution is 2.29. The Morgan fingerprint density at radius 2 is 1.67 bits per heavy atom. The summed E-state index contributed by atoms with van der Waals surface area (Å²) in [6, 6.07) is 13.3. The highest BCUT2D eigenvalue weighted by Gasteiger charge is 2.20. The van der Waals surface area contributed by atoms with Crippen LogP contribution in [0.25, 0.3) is 0 Å². The molecule has 1 aromatic heterocycles. The fourth-order valence-corrected chi connectivity index (χ4v) is 3.27. The van der Waals surface area contributed by atoms with E-state index in [9.17, 15) is 9.18 Å². The maximum absolute atomic E-state index is 13.1. The number of amides is 1. The summed E-state index contributed by atoms with van der Waals surface area (Å²) in [7, 11) is 0. The van der Waals surface area contributed by atoms with Gasteiger partial charge in [-0.25, -0.2) is 9.37 Å². The molecule has 3 N–H and O–H groups in total. The second-order valence-electron chi connectivity index (χ2n) is 7.20. The van der Waals surface area contributed by atoms with E-state index < -0.39 is 5.91 Å². The number of nitrogens with zero attached hydrogens (tertiary/aromatic N) is 1. The summed E-state index contributed by atoms with van der Waals surface area (Å²) in [6.07, 6.45) is 1.36. The summed E-state index contributed by atoms with van der Waals surface area (Å²) < 4.78 is 13.1. The van der Waals surface area contributed by atoms with Gasteiger partial charge < -0.3 is 16.0 Å². The van der Waals surface area contributed by atoms with Crippen LogP contribution in [0.4, 0.5) is 21.6 Å². The lowest BCUT2D eigenvalue weighted by Gasteiger charge is -2.15. The molecule has 3 rings (SSSR count). The van der Waals surface area contributed by atoms with Crippen molar-refractivity contribution in [3.05, 3.63) is 82.3 Å². The van der Waals surface area contributed by atoms with Crippen molar-refractivity contribution in [3.63, 3.8) is 0 Å². The van der Waals surface area contributed by atoms with E-state index in [1.165, 1.54) is 23.9 Å². The van der Waals surface area contributed by atoms with Gasteiger partial charge in [0.15, 0.2) is 0 Å². The molecule has 0 atom stereocenters. The van der Waals surface area contributed by atoms with Gasteiger partial charge in [-0.3, -0.25) is 4.79 Å². The first-order valence-electron chi connectivity index (χ1n) is 9.44. The third kappa shape index (κ3) is 4.83. The van der Waals surface area contributed by atoms with Gasteiger partial charge in [0, 0.05) is 23.3 Å². The molecule has 0 aliphatic rings. The van der Waals surface area contributed by atoms with Gasteiger partial charge in [-0.05, 0) is 54.8 Å². The van der Waals surface area contributed by atoms with Crippen molar-refractivity contribution >= 4 is 40.4 Å². The SMILES string of the molecule is CC(=N)c1c(Nc2ccc(F)cc2)ncc(C(=O)Nc2ccc(C(C)C)cc2)c1Cl. The maximum Gasteiger partial charge on any atom is 0.258 e. The van der Waals surface area contributed by atoms with E-state index in [0.29, 0.717) is 28.7 Å². The van der Waals surface area contributed by atoms with Crippen LogP contribution in [0.5, 0.6) is 0 Å². The van der Waals surface area contributed by atoms with Crippen molar-refractivity contribution in [2.24, 2.45) is 0 Å². The zero-order chi connectivity index (χ0) is 21.8. The van der Waals surface area contributed by atoms with Gasteiger partial charge in [0.25, 0.3) is 5.91 Å². The number of carbonyl (C=O) groups excluding carboxylic acids is 1. The lowest BCUT2D eigenvalue weighted by Crippen LogP contribution is -2.15. The first-order valence-corrected chi connectivity index (χ1v) is 9.82. The van der Waals surface area contributed by atoms with Crippen molar-refractivity contribution in [2.75, 3.05) is 10.6 Å². The molecule has 0 radical (unpaired) electrons. The van der Waals surface area contributed by atoms with Crippen LogP contribution in [-0.2, 0) is 0 Å². The summed E-state index contributed by atoms with van der Waals surface area (Å²) in [5.41, 5.74) is 3.02. The van der Waals surface area contributed by atoms with Gasteiger partial charge in [0.2, 0.25) is 0 Å². The molecule has 0 bridgehead atoms. The highest BCUT2D eigenvalue weighted by molar-refractivity contribution is 6.38. The van der Waals surface area contributed by atoms with Crippen LogP contribution in [0.3, 0.4) is 0 Å². The molecule has 0 saturated carbocycles. The Bertz CT molecular complexity index is 1080. The topological polar surface area (TPSA) is 77.9 Å². The van der Waals surface area contributed by atoms with E-state index in [4.69, 9.17) is 17.0 Å². The van der Waals surface area contributed by atoms with Crippen LogP contribution in [0.1, 0.15) is 48.2 Å². The van der Waals surface area contributed by atoms with E-state index in [1.54, 1.807) is 19.1 Å². The average Bonchev–Trinajstić information content (AvgIpc) is 2.70. The lowest BCUT2D eigenvalue weighted by molar-refractivity contribution is 0.102. The Labute approximate surface area is 179 Å². The number of rotatable bonds is 6. The summed E-state index contributed by atoms with van der Waals surface area (Å²) >= 11 is 6.49. The zero-order valence-corrected chi connectivity index (χ0v) is 17.6. The number of aromatic nitrogens is 1. The maximum atomic E-state index is 13.1. The van der Waals surface area contributed by atoms with Crippen LogP contribution >= 0.6 is 11.6 Å². The van der Waals surface area contributed by atoms with Crippen molar-refractivity contribution in [1.29, 1.82) is 5.41 Å². The molecule has 2 aromatic carbocycles. The molecule has 0 aliphatic carbocycles. The third-order valence-electron chi connectivity index (χ3n) is 4.58. The van der Waals surface area contributed by atoms with Crippen LogP contribution in [-0.4, -0.2) is 16.6 Å². The monoisotopic (exact) mass is 424 g/mol. The molecule has 30 heavy (non-hydrogen) atoms. The van der Waals surface area contributed by atoms with E-state index in [0.717, 1.165) is 0 Å². The summed E-state index contributed by atoms with van der Waals surface area (Å²) in [5, 5.41) is 14.0. The summed E-state index contributed by atoms with van der Waals surface area (Å²) in [6.45, 7) is 5.76. The van der Waals surface area contributed by atoms with Gasteiger partial charge in [-0.2, -0.15) is 0 Å². The molecule has 7 heteroatoms. The van der Waals surface area contributed by atoms with Crippen LogP contribution in [0, 0.1) is 11.2 Å². The number of benzene rings is 2. The van der Waals surface area contributed by atoms with Gasteiger partial charge in [-0.15, -0.1) is 0 Å². The van der Waals surface area contributed by atoms with Crippen molar-refractivity contribution in [1.82, 2.24) is 4.98 Å². The third-order valence-corrected chi connectivity index (χ3v) is 4.97. The molecule has 0 unspecified atom stereocenters. The Morgan fingerprint density at radius 3 is 2.23 bits per heavy atom. The number of hydrogen-bond donors (Lipinski definition) is 3. The van der Waals surface area contributed by atoms with Crippen molar-refractivity contribution in [2.45, 2.75) is 26.7 Å². The number of pyridine rings is 1. The average molecular weight is 425 g/mol. The predicted octanol–water partition coefficient (Wildman–Crippen LogP) is 6.38. The number of carbonyl (C=O) groups is 1. The number of anilines is 3. The molecular formula is C23H22ClFN4O. The minimum absolute atomic E-state index is 0.124. The fraction of sp³-hybridized carbons (Fsp3) is 0.174. The quantitative estimate of drug-likeness (QED) is 0.401.